The van der Waals surface area contributed by atoms with Crippen molar-refractivity contribution in [1.82, 2.24) is 4.98 Å². The van der Waals surface area contributed by atoms with Crippen LogP contribution in [0.2, 0.25) is 0 Å². The molecular formula is C21H19N3O2S2. The van der Waals surface area contributed by atoms with E-state index in [1.807, 2.05) is 60.0 Å². The van der Waals surface area contributed by atoms with Crippen molar-refractivity contribution in [2.45, 2.75) is 17.7 Å². The lowest BCUT2D eigenvalue weighted by atomic mass is 10.2. The predicted octanol–water partition coefficient (Wildman–Crippen LogP) is 4.67. The van der Waals surface area contributed by atoms with Gasteiger partial charge in [-0.05, 0) is 12.1 Å². The molecule has 1 aliphatic heterocycles. The van der Waals surface area contributed by atoms with E-state index in [1.54, 1.807) is 16.7 Å². The molecular weight excluding hydrogens is 390 g/mol. The first kappa shape index (κ1) is 18.7. The molecule has 2 heterocycles. The fraction of sp³-hybridized carbons (Fsp3) is 0.190. The average Bonchev–Trinajstić information content (AvgIpc) is 3.20. The molecule has 0 saturated heterocycles. The molecule has 1 aromatic heterocycles. The van der Waals surface area contributed by atoms with E-state index in [0.29, 0.717) is 11.7 Å². The SMILES string of the molecule is O=C(CCC(=O)N1CCSc2ccccc21)Nc1nc(-c2ccccc2)cs1. The van der Waals surface area contributed by atoms with Gasteiger partial charge in [0.1, 0.15) is 0 Å². The number of hydrogen-bond acceptors (Lipinski definition) is 5. The molecule has 5 nitrogen and oxygen atoms in total. The summed E-state index contributed by atoms with van der Waals surface area (Å²) in [5.41, 5.74) is 2.78. The van der Waals surface area contributed by atoms with Crippen LogP contribution in [0.25, 0.3) is 11.3 Å². The number of thiazole rings is 1. The number of nitrogens with one attached hydrogen (secondary N) is 1. The smallest absolute Gasteiger partial charge is 0.227 e. The van der Waals surface area contributed by atoms with Crippen LogP contribution in [0, 0.1) is 0 Å². The summed E-state index contributed by atoms with van der Waals surface area (Å²) in [5.74, 6) is 0.657. The Morgan fingerprint density at radius 2 is 1.82 bits per heavy atom. The maximum atomic E-state index is 12.6. The maximum absolute atomic E-state index is 12.6. The van der Waals surface area contributed by atoms with E-state index < -0.39 is 0 Å². The van der Waals surface area contributed by atoms with Crippen molar-refractivity contribution in [2.24, 2.45) is 0 Å². The molecule has 0 aliphatic carbocycles. The van der Waals surface area contributed by atoms with Gasteiger partial charge in [-0.15, -0.1) is 23.1 Å². The Kier molecular flexibility index (Phi) is 5.73. The van der Waals surface area contributed by atoms with E-state index >= 15 is 0 Å². The number of benzene rings is 2. The third-order valence-electron chi connectivity index (χ3n) is 4.42. The second-order valence-electron chi connectivity index (χ2n) is 6.31. The molecule has 142 valence electrons. The van der Waals surface area contributed by atoms with Gasteiger partial charge in [0, 0.05) is 41.0 Å². The number of carbonyl (C=O) groups excluding carboxylic acids is 2. The monoisotopic (exact) mass is 409 g/mol. The Morgan fingerprint density at radius 1 is 1.04 bits per heavy atom. The highest BCUT2D eigenvalue weighted by Gasteiger charge is 2.23. The molecule has 1 N–H and O–H groups in total. The zero-order valence-electron chi connectivity index (χ0n) is 15.1. The minimum absolute atomic E-state index is 0.0213. The van der Waals surface area contributed by atoms with E-state index in [1.165, 1.54) is 11.3 Å². The van der Waals surface area contributed by atoms with Gasteiger partial charge in [-0.2, -0.15) is 0 Å². The van der Waals surface area contributed by atoms with Gasteiger partial charge in [-0.1, -0.05) is 42.5 Å². The number of para-hydroxylation sites is 1. The third kappa shape index (κ3) is 4.26. The van der Waals surface area contributed by atoms with Gasteiger partial charge in [-0.3, -0.25) is 9.59 Å². The van der Waals surface area contributed by atoms with Crippen molar-refractivity contribution in [1.29, 1.82) is 0 Å². The van der Waals surface area contributed by atoms with Crippen LogP contribution in [0.1, 0.15) is 12.8 Å². The molecule has 0 fully saturated rings. The zero-order valence-corrected chi connectivity index (χ0v) is 16.8. The lowest BCUT2D eigenvalue weighted by Crippen LogP contribution is -2.35. The fourth-order valence-corrected chi connectivity index (χ4v) is 4.77. The van der Waals surface area contributed by atoms with E-state index in [0.717, 1.165) is 27.6 Å². The molecule has 3 aromatic rings. The van der Waals surface area contributed by atoms with Crippen LogP contribution in [0.4, 0.5) is 10.8 Å². The first-order valence-corrected chi connectivity index (χ1v) is 10.9. The number of amides is 2. The quantitative estimate of drug-likeness (QED) is 0.665. The predicted molar refractivity (Wildman–Crippen MR) is 115 cm³/mol. The first-order chi connectivity index (χ1) is 13.7. The maximum Gasteiger partial charge on any atom is 0.227 e. The second-order valence-corrected chi connectivity index (χ2v) is 8.31. The highest BCUT2D eigenvalue weighted by molar-refractivity contribution is 7.99. The summed E-state index contributed by atoms with van der Waals surface area (Å²) < 4.78 is 0. The minimum Gasteiger partial charge on any atom is -0.310 e. The van der Waals surface area contributed by atoms with Crippen molar-refractivity contribution < 1.29 is 9.59 Å². The summed E-state index contributed by atoms with van der Waals surface area (Å²) in [7, 11) is 0. The summed E-state index contributed by atoms with van der Waals surface area (Å²) in [6.07, 6.45) is 0.326. The van der Waals surface area contributed by atoms with Crippen LogP contribution in [-0.4, -0.2) is 29.1 Å². The molecule has 0 bridgehead atoms. The summed E-state index contributed by atoms with van der Waals surface area (Å²) >= 11 is 3.14. The molecule has 2 aromatic carbocycles. The number of carbonyl (C=O) groups is 2. The van der Waals surface area contributed by atoms with Gasteiger partial charge in [0.05, 0.1) is 11.4 Å². The zero-order chi connectivity index (χ0) is 19.3. The Morgan fingerprint density at radius 3 is 2.68 bits per heavy atom. The van der Waals surface area contributed by atoms with Gasteiger partial charge >= 0.3 is 0 Å². The van der Waals surface area contributed by atoms with Crippen LogP contribution in [0.15, 0.2) is 64.9 Å². The average molecular weight is 410 g/mol. The van der Waals surface area contributed by atoms with Crippen molar-refractivity contribution in [3.8, 4) is 11.3 Å². The highest BCUT2D eigenvalue weighted by Crippen LogP contribution is 2.34. The van der Waals surface area contributed by atoms with Gasteiger partial charge in [0.25, 0.3) is 0 Å². The fourth-order valence-electron chi connectivity index (χ4n) is 3.04. The number of thioether (sulfide) groups is 1. The first-order valence-electron chi connectivity index (χ1n) is 9.04. The van der Waals surface area contributed by atoms with Gasteiger partial charge < -0.3 is 10.2 Å². The minimum atomic E-state index is -0.193. The number of fused-ring (bicyclic) bond motifs is 1. The molecule has 7 heteroatoms. The molecule has 1 aliphatic rings. The standard InChI is InChI=1S/C21H19N3O2S2/c25-19(23-21-22-16(14-28-21)15-6-2-1-3-7-15)10-11-20(26)24-12-13-27-18-9-5-4-8-17(18)24/h1-9,14H,10-13H2,(H,22,23,25). The molecule has 0 spiro atoms. The summed E-state index contributed by atoms with van der Waals surface area (Å²) in [6.45, 7) is 0.676. The number of nitrogens with zero attached hydrogens (tertiary/aromatic N) is 2. The molecule has 2 amide bonds. The molecule has 0 atom stereocenters. The summed E-state index contributed by atoms with van der Waals surface area (Å²) in [5, 5.41) is 5.27. The number of hydrogen-bond donors (Lipinski definition) is 1. The van der Waals surface area contributed by atoms with E-state index in [4.69, 9.17) is 0 Å². The van der Waals surface area contributed by atoms with Crippen LogP contribution >= 0.6 is 23.1 Å². The number of aromatic nitrogens is 1. The topological polar surface area (TPSA) is 62.3 Å². The van der Waals surface area contributed by atoms with E-state index in [9.17, 15) is 9.59 Å². The van der Waals surface area contributed by atoms with E-state index in [2.05, 4.69) is 10.3 Å². The van der Waals surface area contributed by atoms with Crippen LogP contribution in [0.5, 0.6) is 0 Å². The Hall–Kier alpha value is -2.64. The lowest BCUT2D eigenvalue weighted by Gasteiger charge is -2.28. The Bertz CT molecular complexity index is 988. The Labute approximate surface area is 171 Å². The third-order valence-corrected chi connectivity index (χ3v) is 6.22. The molecule has 28 heavy (non-hydrogen) atoms. The van der Waals surface area contributed by atoms with Gasteiger partial charge in [0.15, 0.2) is 5.13 Å². The second kappa shape index (κ2) is 8.58. The molecule has 0 saturated carbocycles. The Balaban J connectivity index is 1.33. The van der Waals surface area contributed by atoms with Crippen molar-refractivity contribution in [2.75, 3.05) is 22.5 Å². The number of anilines is 2. The van der Waals surface area contributed by atoms with E-state index in [-0.39, 0.29) is 24.7 Å². The van der Waals surface area contributed by atoms with Gasteiger partial charge in [-0.25, -0.2) is 4.98 Å². The highest BCUT2D eigenvalue weighted by atomic mass is 32.2. The van der Waals surface area contributed by atoms with Crippen molar-refractivity contribution >= 4 is 45.7 Å². The van der Waals surface area contributed by atoms with Gasteiger partial charge in [0.2, 0.25) is 11.8 Å². The normalized spacial score (nSPS) is 13.1. The molecule has 4 rings (SSSR count). The van der Waals surface area contributed by atoms with Crippen LogP contribution in [0.3, 0.4) is 0 Å². The van der Waals surface area contributed by atoms with Crippen LogP contribution in [-0.2, 0) is 9.59 Å². The lowest BCUT2D eigenvalue weighted by molar-refractivity contribution is -0.122. The summed E-state index contributed by atoms with van der Waals surface area (Å²) in [4.78, 5) is 32.3. The largest absolute Gasteiger partial charge is 0.310 e. The number of rotatable bonds is 5. The van der Waals surface area contributed by atoms with Crippen LogP contribution < -0.4 is 10.2 Å². The molecule has 0 radical (unpaired) electrons. The summed E-state index contributed by atoms with van der Waals surface area (Å²) in [6, 6.07) is 17.7. The van der Waals surface area contributed by atoms with Crippen molar-refractivity contribution in [3.05, 3.63) is 60.0 Å². The molecule has 0 unspecified atom stereocenters. The van der Waals surface area contributed by atoms with Crippen molar-refractivity contribution in [3.63, 3.8) is 0 Å².